The van der Waals surface area contributed by atoms with Gasteiger partial charge in [0, 0.05) is 19.3 Å². The second-order valence-corrected chi connectivity index (χ2v) is 16.6. The standard InChI is InChI=1S/C48H92O6/c1-5-8-10-12-14-16-18-19-20-21-22-23-25-26-31-35-39-46(49)52-42-45(54-48(51)41-37-33-27-24-17-15-13-11-9-6-2)43-53-47(50)40-36-32-29-28-30-34-38-44(4)7-3/h44-45H,5-43H2,1-4H3/t44?,45-/m0/s1. The first-order valence-electron chi connectivity index (χ1n) is 23.9. The van der Waals surface area contributed by atoms with Crippen LogP contribution in [0.5, 0.6) is 0 Å². The summed E-state index contributed by atoms with van der Waals surface area (Å²) in [7, 11) is 0. The van der Waals surface area contributed by atoms with Crippen LogP contribution in [0.2, 0.25) is 0 Å². The molecule has 0 saturated heterocycles. The van der Waals surface area contributed by atoms with Crippen molar-refractivity contribution in [3.8, 4) is 0 Å². The van der Waals surface area contributed by atoms with Gasteiger partial charge in [-0.3, -0.25) is 14.4 Å². The van der Waals surface area contributed by atoms with Crippen LogP contribution >= 0.6 is 0 Å². The lowest BCUT2D eigenvalue weighted by molar-refractivity contribution is -0.167. The summed E-state index contributed by atoms with van der Waals surface area (Å²) in [6.45, 7) is 8.97. The van der Waals surface area contributed by atoms with E-state index in [-0.39, 0.29) is 31.1 Å². The van der Waals surface area contributed by atoms with Gasteiger partial charge in [0.25, 0.3) is 0 Å². The molecule has 54 heavy (non-hydrogen) atoms. The van der Waals surface area contributed by atoms with Crippen LogP contribution in [-0.2, 0) is 28.6 Å². The first-order chi connectivity index (χ1) is 26.4. The van der Waals surface area contributed by atoms with E-state index in [1.807, 2.05) is 0 Å². The van der Waals surface area contributed by atoms with E-state index >= 15 is 0 Å². The molecule has 0 bridgehead atoms. The van der Waals surface area contributed by atoms with E-state index in [0.29, 0.717) is 19.3 Å². The van der Waals surface area contributed by atoms with Crippen molar-refractivity contribution in [3.63, 3.8) is 0 Å². The maximum Gasteiger partial charge on any atom is 0.306 e. The fourth-order valence-electron chi connectivity index (χ4n) is 7.12. The summed E-state index contributed by atoms with van der Waals surface area (Å²) in [5.41, 5.74) is 0. The van der Waals surface area contributed by atoms with Crippen molar-refractivity contribution in [1.29, 1.82) is 0 Å². The normalized spacial score (nSPS) is 12.4. The van der Waals surface area contributed by atoms with Gasteiger partial charge in [0.2, 0.25) is 0 Å². The van der Waals surface area contributed by atoms with Crippen molar-refractivity contribution in [2.45, 2.75) is 271 Å². The Morgan fingerprint density at radius 2 is 0.648 bits per heavy atom. The Bertz CT molecular complexity index is 813. The zero-order chi connectivity index (χ0) is 39.6. The van der Waals surface area contributed by atoms with E-state index in [0.717, 1.165) is 63.7 Å². The van der Waals surface area contributed by atoms with Gasteiger partial charge in [-0.1, -0.05) is 227 Å². The monoisotopic (exact) mass is 765 g/mol. The molecule has 0 aromatic carbocycles. The molecule has 6 nitrogen and oxygen atoms in total. The molecule has 0 aromatic heterocycles. The van der Waals surface area contributed by atoms with Gasteiger partial charge in [0.15, 0.2) is 6.10 Å². The zero-order valence-corrected chi connectivity index (χ0v) is 36.7. The van der Waals surface area contributed by atoms with Crippen LogP contribution in [0.1, 0.15) is 265 Å². The number of esters is 3. The Kier molecular flexibility index (Phi) is 41.3. The minimum atomic E-state index is -0.759. The molecule has 0 heterocycles. The molecule has 0 saturated carbocycles. The largest absolute Gasteiger partial charge is 0.462 e. The minimum absolute atomic E-state index is 0.0641. The van der Waals surface area contributed by atoms with Gasteiger partial charge in [-0.25, -0.2) is 0 Å². The van der Waals surface area contributed by atoms with Gasteiger partial charge in [-0.15, -0.1) is 0 Å². The van der Waals surface area contributed by atoms with Crippen LogP contribution in [0.3, 0.4) is 0 Å². The summed E-state index contributed by atoms with van der Waals surface area (Å²) >= 11 is 0. The molecule has 0 aliphatic rings. The lowest BCUT2D eigenvalue weighted by atomic mass is 10.00. The quantitative estimate of drug-likeness (QED) is 0.0349. The molecule has 0 spiro atoms. The lowest BCUT2D eigenvalue weighted by Gasteiger charge is -2.18. The fourth-order valence-corrected chi connectivity index (χ4v) is 7.12. The fraction of sp³-hybridized carbons (Fsp3) is 0.938. The van der Waals surface area contributed by atoms with E-state index in [2.05, 4.69) is 27.7 Å². The number of unbranched alkanes of at least 4 members (excludes halogenated alkanes) is 29. The van der Waals surface area contributed by atoms with Crippen LogP contribution in [0.4, 0.5) is 0 Å². The van der Waals surface area contributed by atoms with Crippen molar-refractivity contribution in [1.82, 2.24) is 0 Å². The van der Waals surface area contributed by atoms with Crippen LogP contribution in [0, 0.1) is 5.92 Å². The van der Waals surface area contributed by atoms with Crippen LogP contribution in [0.15, 0.2) is 0 Å². The van der Waals surface area contributed by atoms with Crippen molar-refractivity contribution in [3.05, 3.63) is 0 Å². The summed E-state index contributed by atoms with van der Waals surface area (Å²) in [6.07, 6.45) is 42.3. The molecular formula is C48H92O6. The van der Waals surface area contributed by atoms with E-state index in [9.17, 15) is 14.4 Å². The Labute approximate surface area is 336 Å². The third-order valence-electron chi connectivity index (χ3n) is 11.2. The maximum atomic E-state index is 12.7. The summed E-state index contributed by atoms with van der Waals surface area (Å²) in [6, 6.07) is 0. The highest BCUT2D eigenvalue weighted by molar-refractivity contribution is 5.71. The summed E-state index contributed by atoms with van der Waals surface area (Å²) in [5, 5.41) is 0. The average Bonchev–Trinajstić information content (AvgIpc) is 3.17. The molecule has 0 rings (SSSR count). The molecule has 0 radical (unpaired) electrons. The molecule has 2 atom stereocenters. The number of rotatable bonds is 43. The number of hydrogen-bond acceptors (Lipinski definition) is 6. The predicted molar refractivity (Wildman–Crippen MR) is 229 cm³/mol. The Hall–Kier alpha value is -1.59. The molecule has 0 N–H and O–H groups in total. The molecule has 0 fully saturated rings. The molecule has 0 amide bonds. The second kappa shape index (κ2) is 42.6. The van der Waals surface area contributed by atoms with Gasteiger partial charge in [-0.05, 0) is 25.2 Å². The Balaban J connectivity index is 4.27. The summed E-state index contributed by atoms with van der Waals surface area (Å²) in [4.78, 5) is 37.7. The smallest absolute Gasteiger partial charge is 0.306 e. The van der Waals surface area contributed by atoms with Crippen molar-refractivity contribution >= 4 is 17.9 Å². The molecule has 1 unspecified atom stereocenters. The van der Waals surface area contributed by atoms with Gasteiger partial charge < -0.3 is 14.2 Å². The summed E-state index contributed by atoms with van der Waals surface area (Å²) < 4.78 is 16.7. The van der Waals surface area contributed by atoms with E-state index in [1.54, 1.807) is 0 Å². The van der Waals surface area contributed by atoms with Gasteiger partial charge in [0.1, 0.15) is 13.2 Å². The Morgan fingerprint density at radius 1 is 0.370 bits per heavy atom. The third-order valence-corrected chi connectivity index (χ3v) is 11.2. The SMILES string of the molecule is CCCCCCCCCCCCCCCCCCC(=O)OC[C@@H](COC(=O)CCCCCCCCC(C)CC)OC(=O)CCCCCCCCCCCC. The number of ether oxygens (including phenoxy) is 3. The second-order valence-electron chi connectivity index (χ2n) is 16.6. The van der Waals surface area contributed by atoms with Gasteiger partial charge >= 0.3 is 17.9 Å². The Morgan fingerprint density at radius 3 is 0.963 bits per heavy atom. The summed E-state index contributed by atoms with van der Waals surface area (Å²) in [5.74, 6) is -0.0406. The highest BCUT2D eigenvalue weighted by Crippen LogP contribution is 2.17. The molecule has 0 aliphatic heterocycles. The number of carbonyl (C=O) groups is 3. The minimum Gasteiger partial charge on any atom is -0.462 e. The van der Waals surface area contributed by atoms with Crippen molar-refractivity contribution in [2.75, 3.05) is 13.2 Å². The van der Waals surface area contributed by atoms with E-state index in [4.69, 9.17) is 14.2 Å². The predicted octanol–water partition coefficient (Wildman–Crippen LogP) is 15.1. The average molecular weight is 765 g/mol. The highest BCUT2D eigenvalue weighted by atomic mass is 16.6. The van der Waals surface area contributed by atoms with E-state index < -0.39 is 6.10 Å². The molecule has 0 aromatic rings. The zero-order valence-electron chi connectivity index (χ0n) is 36.7. The van der Waals surface area contributed by atoms with E-state index in [1.165, 1.54) is 161 Å². The van der Waals surface area contributed by atoms with Crippen LogP contribution in [-0.4, -0.2) is 37.2 Å². The van der Waals surface area contributed by atoms with Gasteiger partial charge in [-0.2, -0.15) is 0 Å². The van der Waals surface area contributed by atoms with Crippen LogP contribution in [0.25, 0.3) is 0 Å². The van der Waals surface area contributed by atoms with Gasteiger partial charge in [0.05, 0.1) is 0 Å². The van der Waals surface area contributed by atoms with Crippen molar-refractivity contribution in [2.24, 2.45) is 5.92 Å². The topological polar surface area (TPSA) is 78.9 Å². The number of carbonyl (C=O) groups excluding carboxylic acids is 3. The lowest BCUT2D eigenvalue weighted by Crippen LogP contribution is -2.30. The first-order valence-corrected chi connectivity index (χ1v) is 23.9. The molecule has 0 aliphatic carbocycles. The number of hydrogen-bond donors (Lipinski definition) is 0. The van der Waals surface area contributed by atoms with Crippen LogP contribution < -0.4 is 0 Å². The first kappa shape index (κ1) is 52.4. The van der Waals surface area contributed by atoms with Crippen molar-refractivity contribution < 1.29 is 28.6 Å². The third kappa shape index (κ3) is 40.1. The highest BCUT2D eigenvalue weighted by Gasteiger charge is 2.19. The molecular weight excluding hydrogens is 673 g/mol. The maximum absolute atomic E-state index is 12.7. The molecule has 320 valence electrons. The molecule has 6 heteroatoms.